The zero-order valence-electron chi connectivity index (χ0n) is 18.3. The molecule has 1 amide bonds. The smallest absolute Gasteiger partial charge is 0.416 e. The Kier molecular flexibility index (Phi) is 5.40. The van der Waals surface area contributed by atoms with Crippen molar-refractivity contribution in [3.05, 3.63) is 77.4 Å². The molecule has 5 rings (SSSR count). The van der Waals surface area contributed by atoms with Crippen molar-refractivity contribution in [2.45, 2.75) is 13.0 Å². The van der Waals surface area contributed by atoms with Gasteiger partial charge in [0.2, 0.25) is 0 Å². The molecule has 0 radical (unpaired) electrons. The number of amidine groups is 1. The summed E-state index contributed by atoms with van der Waals surface area (Å²) in [5, 5.41) is 11.3. The number of halogens is 2. The number of cyclic esters (lactones) is 1. The zero-order chi connectivity index (χ0) is 24.7. The summed E-state index contributed by atoms with van der Waals surface area (Å²) in [7, 11) is 0. The molecule has 4 heterocycles. The highest BCUT2D eigenvalue weighted by Crippen LogP contribution is 2.33. The summed E-state index contributed by atoms with van der Waals surface area (Å²) >= 11 is 0. The summed E-state index contributed by atoms with van der Waals surface area (Å²) in [6.07, 6.45) is 4.37. The maximum absolute atomic E-state index is 14.7. The predicted octanol–water partition coefficient (Wildman–Crippen LogP) is 3.39. The molecule has 0 unspecified atom stereocenters. The Bertz CT molecular complexity index is 1520. The second kappa shape index (κ2) is 8.56. The number of benzene rings is 1. The Hall–Kier alpha value is -4.74. The number of anilines is 1. The van der Waals surface area contributed by atoms with Gasteiger partial charge in [-0.2, -0.15) is 5.10 Å². The fourth-order valence-corrected chi connectivity index (χ4v) is 3.86. The number of fused-ring (bicyclic) bond motifs is 1. The molecule has 1 atom stereocenters. The molecular weight excluding hydrogens is 458 g/mol. The Morgan fingerprint density at radius 3 is 2.83 bits per heavy atom. The summed E-state index contributed by atoms with van der Waals surface area (Å²) in [4.78, 5) is 26.3. The summed E-state index contributed by atoms with van der Waals surface area (Å²) < 4.78 is 35.2. The van der Waals surface area contributed by atoms with Gasteiger partial charge in [-0.1, -0.05) is 6.07 Å². The first kappa shape index (κ1) is 22.1. The largest absolute Gasteiger partial charge is 0.446 e. The van der Waals surface area contributed by atoms with E-state index in [0.29, 0.717) is 28.0 Å². The third-order valence-electron chi connectivity index (χ3n) is 5.64. The number of hydrogen-bond donors (Lipinski definition) is 2. The van der Waals surface area contributed by atoms with Gasteiger partial charge in [-0.25, -0.2) is 33.0 Å². The van der Waals surface area contributed by atoms with Crippen LogP contribution in [0.5, 0.6) is 0 Å². The first-order chi connectivity index (χ1) is 16.9. The van der Waals surface area contributed by atoms with Gasteiger partial charge in [0.15, 0.2) is 5.65 Å². The van der Waals surface area contributed by atoms with E-state index < -0.39 is 23.8 Å². The second-order valence-corrected chi connectivity index (χ2v) is 7.77. The van der Waals surface area contributed by atoms with E-state index in [9.17, 15) is 13.6 Å². The minimum atomic E-state index is -0.623. The molecule has 12 heteroatoms. The number of amides is 1. The third-order valence-corrected chi connectivity index (χ3v) is 5.64. The number of carbonyl (C=O) groups is 1. The molecule has 0 spiro atoms. The monoisotopic (exact) mass is 476 g/mol. The van der Waals surface area contributed by atoms with Crippen LogP contribution in [0.15, 0.2) is 53.9 Å². The highest BCUT2D eigenvalue weighted by atomic mass is 19.1. The first-order valence-corrected chi connectivity index (χ1v) is 10.4. The maximum Gasteiger partial charge on any atom is 0.416 e. The van der Waals surface area contributed by atoms with E-state index in [0.717, 1.165) is 12.5 Å². The van der Waals surface area contributed by atoms with Gasteiger partial charge >= 0.3 is 6.09 Å². The van der Waals surface area contributed by atoms with Crippen molar-refractivity contribution < 1.29 is 18.3 Å². The van der Waals surface area contributed by atoms with E-state index in [1.165, 1.54) is 27.7 Å². The Morgan fingerprint density at radius 1 is 1.26 bits per heavy atom. The number of nitrogens with zero attached hydrogens (tertiary/aromatic N) is 6. The Balaban J connectivity index is 1.56. The topological polar surface area (TPSA) is 135 Å². The standard InChI is InChI=1S/C23H18F2N8O2/c1-12-6-18(28-9-17(12)25)19-10-35-23(34)33(19)20-4-5-32-22(31-20)15(8-30-32)13-2-3-14(16(24)7-13)21(27)29-11-26/h2-9,11,19H,10H2,1H3,(H3,26,27,29)/t19-/m1/s1. The summed E-state index contributed by atoms with van der Waals surface area (Å²) in [6, 6.07) is 6.92. The highest BCUT2D eigenvalue weighted by Gasteiger charge is 2.37. The van der Waals surface area contributed by atoms with Crippen molar-refractivity contribution in [1.29, 1.82) is 5.41 Å². The van der Waals surface area contributed by atoms with E-state index >= 15 is 0 Å². The lowest BCUT2D eigenvalue weighted by molar-refractivity contribution is 0.178. The molecule has 0 aliphatic carbocycles. The second-order valence-electron chi connectivity index (χ2n) is 7.77. The van der Waals surface area contributed by atoms with Gasteiger partial charge in [-0.3, -0.25) is 10.4 Å². The fraction of sp³-hybridized carbons (Fsp3) is 0.130. The number of nitrogens with two attached hydrogens (primary N) is 1. The fourth-order valence-electron chi connectivity index (χ4n) is 3.86. The van der Waals surface area contributed by atoms with Crippen molar-refractivity contribution in [1.82, 2.24) is 19.6 Å². The lowest BCUT2D eigenvalue weighted by Crippen LogP contribution is -2.29. The van der Waals surface area contributed by atoms with E-state index in [1.54, 1.807) is 31.3 Å². The molecule has 4 aromatic rings. The van der Waals surface area contributed by atoms with E-state index in [-0.39, 0.29) is 23.8 Å². The van der Waals surface area contributed by atoms with Crippen LogP contribution in [0, 0.1) is 24.0 Å². The van der Waals surface area contributed by atoms with Crippen LogP contribution in [0.25, 0.3) is 16.8 Å². The molecule has 3 N–H and O–H groups in total. The lowest BCUT2D eigenvalue weighted by Gasteiger charge is -2.20. The van der Waals surface area contributed by atoms with Gasteiger partial charge in [0, 0.05) is 11.8 Å². The predicted molar refractivity (Wildman–Crippen MR) is 123 cm³/mol. The summed E-state index contributed by atoms with van der Waals surface area (Å²) in [5.41, 5.74) is 7.99. The van der Waals surface area contributed by atoms with Crippen LogP contribution in [0.1, 0.15) is 22.9 Å². The molecule has 1 fully saturated rings. The van der Waals surface area contributed by atoms with Gasteiger partial charge in [-0.15, -0.1) is 0 Å². The van der Waals surface area contributed by atoms with Gasteiger partial charge in [0.1, 0.15) is 42.3 Å². The SMILES string of the molecule is Cc1cc([C@H]2COC(=O)N2c2ccn3ncc(-c4ccc(C(N)=NC=N)c(F)c4)c3n2)ncc1F. The molecule has 1 aromatic carbocycles. The highest BCUT2D eigenvalue weighted by molar-refractivity contribution is 6.01. The number of nitrogens with one attached hydrogen (secondary N) is 1. The molecule has 1 aliphatic heterocycles. The van der Waals surface area contributed by atoms with Crippen molar-refractivity contribution in [2.24, 2.45) is 10.7 Å². The van der Waals surface area contributed by atoms with Crippen LogP contribution >= 0.6 is 0 Å². The first-order valence-electron chi connectivity index (χ1n) is 10.4. The van der Waals surface area contributed by atoms with Crippen LogP contribution < -0.4 is 10.6 Å². The number of carbonyl (C=O) groups excluding carboxylic acids is 1. The number of rotatable bonds is 5. The summed E-state index contributed by atoms with van der Waals surface area (Å²) in [5.74, 6) is -0.914. The number of ether oxygens (including phenoxy) is 1. The molecule has 176 valence electrons. The number of hydrogen-bond acceptors (Lipinski definition) is 6. The van der Waals surface area contributed by atoms with E-state index in [2.05, 4.69) is 20.1 Å². The lowest BCUT2D eigenvalue weighted by atomic mass is 10.1. The van der Waals surface area contributed by atoms with E-state index in [4.69, 9.17) is 15.9 Å². The average Bonchev–Trinajstić information content (AvgIpc) is 3.44. The average molecular weight is 476 g/mol. The number of pyridine rings is 1. The zero-order valence-corrected chi connectivity index (χ0v) is 18.3. The Labute approximate surface area is 197 Å². The van der Waals surface area contributed by atoms with Gasteiger partial charge < -0.3 is 10.5 Å². The number of aromatic nitrogens is 4. The van der Waals surface area contributed by atoms with Crippen molar-refractivity contribution >= 4 is 29.7 Å². The number of aliphatic imine (C=N–C) groups is 1. The van der Waals surface area contributed by atoms with Gasteiger partial charge in [0.25, 0.3) is 0 Å². The minimum Gasteiger partial charge on any atom is -0.446 e. The molecular formula is C23H18F2N8O2. The van der Waals surface area contributed by atoms with Gasteiger partial charge in [-0.05, 0) is 42.3 Å². The molecule has 10 nitrogen and oxygen atoms in total. The maximum atomic E-state index is 14.7. The van der Waals surface area contributed by atoms with Crippen molar-refractivity contribution in [3.63, 3.8) is 0 Å². The van der Waals surface area contributed by atoms with Crippen LogP contribution in [0.4, 0.5) is 19.4 Å². The minimum absolute atomic E-state index is 0.0290. The molecule has 3 aromatic heterocycles. The molecule has 1 saturated heterocycles. The van der Waals surface area contributed by atoms with Crippen molar-refractivity contribution in [2.75, 3.05) is 11.5 Å². The van der Waals surface area contributed by atoms with Gasteiger partial charge in [0.05, 0.1) is 23.7 Å². The van der Waals surface area contributed by atoms with Crippen LogP contribution in [0.2, 0.25) is 0 Å². The molecule has 0 saturated carbocycles. The normalized spacial score (nSPS) is 16.1. The van der Waals surface area contributed by atoms with Crippen LogP contribution in [0.3, 0.4) is 0 Å². The van der Waals surface area contributed by atoms with E-state index in [1.807, 2.05) is 0 Å². The molecule has 35 heavy (non-hydrogen) atoms. The Morgan fingerprint density at radius 2 is 2.09 bits per heavy atom. The quantitative estimate of drug-likeness (QED) is 0.335. The molecule has 1 aliphatic rings. The number of aryl methyl sites for hydroxylation is 1. The van der Waals surface area contributed by atoms with Crippen LogP contribution in [-0.2, 0) is 4.74 Å². The third kappa shape index (κ3) is 3.84. The summed E-state index contributed by atoms with van der Waals surface area (Å²) in [6.45, 7) is 1.64. The van der Waals surface area contributed by atoms with Crippen molar-refractivity contribution in [3.8, 4) is 11.1 Å². The van der Waals surface area contributed by atoms with Crippen LogP contribution in [-0.4, -0.2) is 44.5 Å². The molecule has 0 bridgehead atoms.